The van der Waals surface area contributed by atoms with Crippen molar-refractivity contribution in [3.8, 4) is 11.6 Å². The molecule has 2 aromatic heterocycles. The topological polar surface area (TPSA) is 68.0 Å². The number of pyridine rings is 1. The number of nitrogens with zero attached hydrogens (tertiary/aromatic N) is 2. The normalized spacial score (nSPS) is 10.8. The molecule has 2 aromatic carbocycles. The van der Waals surface area contributed by atoms with Crippen molar-refractivity contribution in [2.75, 3.05) is 0 Å². The minimum absolute atomic E-state index is 0.200. The van der Waals surface area contributed by atoms with Crippen LogP contribution < -0.4 is 5.32 Å². The molecule has 0 aliphatic heterocycles. The van der Waals surface area contributed by atoms with Crippen LogP contribution in [0.5, 0.6) is 0 Å². The van der Waals surface area contributed by atoms with E-state index in [1.54, 1.807) is 30.5 Å². The van der Waals surface area contributed by atoms with Crippen molar-refractivity contribution in [2.45, 2.75) is 6.54 Å². The van der Waals surface area contributed by atoms with Crippen molar-refractivity contribution in [2.24, 2.45) is 0 Å². The Labute approximate surface area is 154 Å². The summed E-state index contributed by atoms with van der Waals surface area (Å²) in [5.41, 5.74) is 3.23. The third kappa shape index (κ3) is 3.30. The molecule has 0 saturated carbocycles. The van der Waals surface area contributed by atoms with Gasteiger partial charge in [0.25, 0.3) is 5.91 Å². The molecule has 0 bridgehead atoms. The second-order valence-electron chi connectivity index (χ2n) is 5.69. The first-order valence-corrected chi connectivity index (χ1v) is 8.42. The van der Waals surface area contributed by atoms with E-state index in [0.29, 0.717) is 39.8 Å². The number of carbonyl (C=O) groups is 1. The van der Waals surface area contributed by atoms with Gasteiger partial charge in [0.05, 0.1) is 0 Å². The van der Waals surface area contributed by atoms with Crippen molar-refractivity contribution < 1.29 is 9.21 Å². The van der Waals surface area contributed by atoms with Crippen LogP contribution in [0.15, 0.2) is 71.3 Å². The van der Waals surface area contributed by atoms with Crippen LogP contribution in [0.25, 0.3) is 22.7 Å². The number of rotatable bonds is 4. The van der Waals surface area contributed by atoms with Gasteiger partial charge in [0.15, 0.2) is 5.58 Å². The Balaban J connectivity index is 1.55. The van der Waals surface area contributed by atoms with Gasteiger partial charge in [0, 0.05) is 23.3 Å². The van der Waals surface area contributed by atoms with Gasteiger partial charge in [0.2, 0.25) is 5.89 Å². The van der Waals surface area contributed by atoms with Crippen LogP contribution in [0.1, 0.15) is 15.9 Å². The number of fused-ring (bicyclic) bond motifs is 1. The Bertz CT molecular complexity index is 1080. The lowest BCUT2D eigenvalue weighted by molar-refractivity contribution is 0.0951. The number of hydrogen-bond donors (Lipinski definition) is 1. The minimum atomic E-state index is -0.200. The summed E-state index contributed by atoms with van der Waals surface area (Å²) < 4.78 is 5.71. The molecular formula is C20H14ClN3O2. The summed E-state index contributed by atoms with van der Waals surface area (Å²) in [5, 5.41) is 3.49. The summed E-state index contributed by atoms with van der Waals surface area (Å²) in [7, 11) is 0. The number of carbonyl (C=O) groups excluding carboxylic acids is 1. The molecule has 4 aromatic rings. The van der Waals surface area contributed by atoms with E-state index in [2.05, 4.69) is 15.3 Å². The second-order valence-corrected chi connectivity index (χ2v) is 6.10. The van der Waals surface area contributed by atoms with E-state index in [1.807, 2.05) is 36.4 Å². The molecule has 5 nitrogen and oxygen atoms in total. The number of halogens is 1. The zero-order chi connectivity index (χ0) is 17.9. The van der Waals surface area contributed by atoms with Gasteiger partial charge in [-0.3, -0.25) is 9.78 Å². The lowest BCUT2D eigenvalue weighted by Crippen LogP contribution is -2.22. The first kappa shape index (κ1) is 16.3. The van der Waals surface area contributed by atoms with E-state index < -0.39 is 0 Å². The van der Waals surface area contributed by atoms with Crippen molar-refractivity contribution in [1.82, 2.24) is 15.3 Å². The lowest BCUT2D eigenvalue weighted by Gasteiger charge is -2.06. The van der Waals surface area contributed by atoms with Crippen molar-refractivity contribution in [3.63, 3.8) is 0 Å². The maximum Gasteiger partial charge on any atom is 0.251 e. The van der Waals surface area contributed by atoms with Gasteiger partial charge in [0.1, 0.15) is 11.2 Å². The summed E-state index contributed by atoms with van der Waals surface area (Å²) >= 11 is 6.11. The molecule has 26 heavy (non-hydrogen) atoms. The molecule has 0 aliphatic rings. The van der Waals surface area contributed by atoms with Gasteiger partial charge >= 0.3 is 0 Å². The summed E-state index contributed by atoms with van der Waals surface area (Å²) in [4.78, 5) is 21.1. The maximum atomic E-state index is 12.4. The Morgan fingerprint density at radius 2 is 1.92 bits per heavy atom. The highest BCUT2D eigenvalue weighted by molar-refractivity contribution is 6.31. The SMILES string of the molecule is O=C(NCc1ccccc1Cl)c1ccc2oc(-c3ccccn3)nc2c1. The van der Waals surface area contributed by atoms with Crippen LogP contribution in [0.3, 0.4) is 0 Å². The molecule has 2 heterocycles. The summed E-state index contributed by atoms with van der Waals surface area (Å²) in [5.74, 6) is 0.225. The van der Waals surface area contributed by atoms with E-state index in [9.17, 15) is 4.79 Å². The van der Waals surface area contributed by atoms with Crippen LogP contribution >= 0.6 is 11.6 Å². The standard InChI is InChI=1S/C20H14ClN3O2/c21-15-6-2-1-5-14(15)12-23-19(25)13-8-9-18-17(11-13)24-20(26-18)16-7-3-4-10-22-16/h1-11H,12H2,(H,23,25). The average molecular weight is 364 g/mol. The third-order valence-corrected chi connectivity index (χ3v) is 4.30. The van der Waals surface area contributed by atoms with E-state index in [0.717, 1.165) is 5.56 Å². The predicted octanol–water partition coefficient (Wildman–Crippen LogP) is 4.47. The molecule has 4 rings (SSSR count). The molecule has 1 N–H and O–H groups in total. The Hall–Kier alpha value is -3.18. The number of benzene rings is 2. The molecule has 0 aliphatic carbocycles. The lowest BCUT2D eigenvalue weighted by atomic mass is 10.1. The number of hydrogen-bond acceptors (Lipinski definition) is 4. The van der Waals surface area contributed by atoms with Gasteiger partial charge in [-0.2, -0.15) is 0 Å². The summed E-state index contributed by atoms with van der Waals surface area (Å²) in [6, 6.07) is 18.1. The second kappa shape index (κ2) is 6.98. The molecule has 6 heteroatoms. The monoisotopic (exact) mass is 363 g/mol. The van der Waals surface area contributed by atoms with Crippen LogP contribution in [-0.2, 0) is 6.54 Å². The molecule has 0 atom stereocenters. The summed E-state index contributed by atoms with van der Waals surface area (Å²) in [6.45, 7) is 0.356. The average Bonchev–Trinajstić information content (AvgIpc) is 3.11. The van der Waals surface area contributed by atoms with Crippen LogP contribution in [0, 0.1) is 0 Å². The van der Waals surface area contributed by atoms with E-state index in [4.69, 9.17) is 16.0 Å². The molecule has 0 spiro atoms. The van der Waals surface area contributed by atoms with Crippen LogP contribution in [0.2, 0.25) is 5.02 Å². The minimum Gasteiger partial charge on any atom is -0.435 e. The van der Waals surface area contributed by atoms with Crippen molar-refractivity contribution in [1.29, 1.82) is 0 Å². The predicted molar refractivity (Wildman–Crippen MR) is 99.9 cm³/mol. The first-order chi connectivity index (χ1) is 12.7. The van der Waals surface area contributed by atoms with Gasteiger partial charge in [-0.1, -0.05) is 35.9 Å². The molecule has 0 radical (unpaired) electrons. The van der Waals surface area contributed by atoms with E-state index in [1.165, 1.54) is 0 Å². The van der Waals surface area contributed by atoms with Gasteiger partial charge < -0.3 is 9.73 Å². The smallest absolute Gasteiger partial charge is 0.251 e. The highest BCUT2D eigenvalue weighted by Gasteiger charge is 2.12. The third-order valence-electron chi connectivity index (χ3n) is 3.93. The Morgan fingerprint density at radius 3 is 2.73 bits per heavy atom. The molecule has 0 fully saturated rings. The van der Waals surface area contributed by atoms with E-state index in [-0.39, 0.29) is 5.91 Å². The molecule has 0 unspecified atom stereocenters. The fourth-order valence-corrected chi connectivity index (χ4v) is 2.79. The fourth-order valence-electron chi connectivity index (χ4n) is 2.59. The zero-order valence-corrected chi connectivity index (χ0v) is 14.4. The maximum absolute atomic E-state index is 12.4. The molecule has 0 saturated heterocycles. The van der Waals surface area contributed by atoms with Gasteiger partial charge in [-0.05, 0) is 42.0 Å². The van der Waals surface area contributed by atoms with Crippen LogP contribution in [-0.4, -0.2) is 15.9 Å². The number of nitrogens with one attached hydrogen (secondary N) is 1. The molecular weight excluding hydrogens is 350 g/mol. The summed E-state index contributed by atoms with van der Waals surface area (Å²) in [6.07, 6.45) is 1.68. The van der Waals surface area contributed by atoms with Crippen molar-refractivity contribution >= 4 is 28.6 Å². The highest BCUT2D eigenvalue weighted by atomic mass is 35.5. The first-order valence-electron chi connectivity index (χ1n) is 8.04. The molecule has 128 valence electrons. The Kier molecular flexibility index (Phi) is 4.37. The number of aromatic nitrogens is 2. The quantitative estimate of drug-likeness (QED) is 0.580. The van der Waals surface area contributed by atoms with Gasteiger partial charge in [-0.25, -0.2) is 4.98 Å². The Morgan fingerprint density at radius 1 is 1.08 bits per heavy atom. The number of oxazole rings is 1. The largest absolute Gasteiger partial charge is 0.435 e. The fraction of sp³-hybridized carbons (Fsp3) is 0.0500. The van der Waals surface area contributed by atoms with E-state index >= 15 is 0 Å². The van der Waals surface area contributed by atoms with Crippen LogP contribution in [0.4, 0.5) is 0 Å². The van der Waals surface area contributed by atoms with Crippen molar-refractivity contribution in [3.05, 3.63) is 83.0 Å². The molecule has 1 amide bonds. The number of amides is 1. The highest BCUT2D eigenvalue weighted by Crippen LogP contribution is 2.23. The zero-order valence-electron chi connectivity index (χ0n) is 13.6. The van der Waals surface area contributed by atoms with Gasteiger partial charge in [-0.15, -0.1) is 0 Å².